The normalized spacial score (nSPS) is 17.4. The van der Waals surface area contributed by atoms with Crippen molar-refractivity contribution < 1.29 is 9.32 Å². The van der Waals surface area contributed by atoms with Crippen molar-refractivity contribution in [3.63, 3.8) is 0 Å². The quantitative estimate of drug-likeness (QED) is 0.840. The van der Waals surface area contributed by atoms with E-state index in [2.05, 4.69) is 10.3 Å². The second-order valence-corrected chi connectivity index (χ2v) is 6.16. The standard InChI is InChI=1S/C17H22N4O3/c1-3-4-10-21-16(22)8-7-13(18-21)17(23)20-9-5-6-14(20)15-11-12(2)19-24-15/h7-8,11,14H,3-6,9-10H2,1-2H3/t14-/m0/s1. The van der Waals surface area contributed by atoms with E-state index in [0.29, 0.717) is 24.5 Å². The molecule has 0 aromatic carbocycles. The molecular weight excluding hydrogens is 308 g/mol. The molecule has 24 heavy (non-hydrogen) atoms. The van der Waals surface area contributed by atoms with Gasteiger partial charge in [-0.3, -0.25) is 9.59 Å². The first-order valence-electron chi connectivity index (χ1n) is 8.42. The largest absolute Gasteiger partial charge is 0.359 e. The van der Waals surface area contributed by atoms with Crippen molar-refractivity contribution in [2.75, 3.05) is 6.54 Å². The lowest BCUT2D eigenvalue weighted by Gasteiger charge is -2.22. The van der Waals surface area contributed by atoms with Gasteiger partial charge in [-0.2, -0.15) is 5.10 Å². The summed E-state index contributed by atoms with van der Waals surface area (Å²) < 4.78 is 6.72. The molecule has 1 aliphatic heterocycles. The molecule has 1 amide bonds. The molecule has 0 spiro atoms. The van der Waals surface area contributed by atoms with Gasteiger partial charge in [0.2, 0.25) is 0 Å². The van der Waals surface area contributed by atoms with E-state index in [-0.39, 0.29) is 17.5 Å². The molecular formula is C17H22N4O3. The van der Waals surface area contributed by atoms with Gasteiger partial charge < -0.3 is 9.42 Å². The van der Waals surface area contributed by atoms with Gasteiger partial charge in [0.25, 0.3) is 11.5 Å². The van der Waals surface area contributed by atoms with Gasteiger partial charge >= 0.3 is 0 Å². The van der Waals surface area contributed by atoms with Crippen LogP contribution in [0.3, 0.4) is 0 Å². The predicted molar refractivity (Wildman–Crippen MR) is 87.7 cm³/mol. The van der Waals surface area contributed by atoms with E-state index < -0.39 is 0 Å². The molecule has 7 nitrogen and oxygen atoms in total. The maximum Gasteiger partial charge on any atom is 0.274 e. The first kappa shape index (κ1) is 16.4. The highest BCUT2D eigenvalue weighted by molar-refractivity contribution is 5.92. The third-order valence-electron chi connectivity index (χ3n) is 4.30. The maximum atomic E-state index is 12.9. The first-order valence-corrected chi connectivity index (χ1v) is 8.42. The smallest absolute Gasteiger partial charge is 0.274 e. The molecule has 7 heteroatoms. The predicted octanol–water partition coefficient (Wildman–Crippen LogP) is 2.32. The topological polar surface area (TPSA) is 81.2 Å². The summed E-state index contributed by atoms with van der Waals surface area (Å²) >= 11 is 0. The lowest BCUT2D eigenvalue weighted by atomic mass is 10.1. The Labute approximate surface area is 140 Å². The fraction of sp³-hybridized carbons (Fsp3) is 0.529. The van der Waals surface area contributed by atoms with Crippen LogP contribution in [0.5, 0.6) is 0 Å². The summed E-state index contributed by atoms with van der Waals surface area (Å²) in [4.78, 5) is 26.5. The Bertz CT molecular complexity index is 780. The number of nitrogens with zero attached hydrogens (tertiary/aromatic N) is 4. The van der Waals surface area contributed by atoms with Crippen molar-refractivity contribution in [1.82, 2.24) is 19.8 Å². The van der Waals surface area contributed by atoms with Crippen LogP contribution in [-0.2, 0) is 6.54 Å². The van der Waals surface area contributed by atoms with Crippen molar-refractivity contribution in [1.29, 1.82) is 0 Å². The van der Waals surface area contributed by atoms with Crippen LogP contribution in [0.15, 0.2) is 27.5 Å². The van der Waals surface area contributed by atoms with E-state index in [0.717, 1.165) is 31.4 Å². The molecule has 3 rings (SSSR count). The van der Waals surface area contributed by atoms with Crippen molar-refractivity contribution in [2.45, 2.75) is 52.1 Å². The van der Waals surface area contributed by atoms with Crippen LogP contribution in [0.25, 0.3) is 0 Å². The van der Waals surface area contributed by atoms with Crippen LogP contribution >= 0.6 is 0 Å². The Kier molecular flexibility index (Phi) is 4.78. The number of aromatic nitrogens is 3. The van der Waals surface area contributed by atoms with Gasteiger partial charge in [-0.05, 0) is 32.3 Å². The zero-order valence-electron chi connectivity index (χ0n) is 14.1. The number of unbranched alkanes of at least 4 members (excludes halogenated alkanes) is 1. The number of rotatable bonds is 5. The average Bonchev–Trinajstić information content (AvgIpc) is 3.22. The molecule has 0 saturated carbocycles. The summed E-state index contributed by atoms with van der Waals surface area (Å²) in [6.07, 6.45) is 3.57. The van der Waals surface area contributed by atoms with E-state index in [1.807, 2.05) is 19.9 Å². The molecule has 2 aromatic heterocycles. The van der Waals surface area contributed by atoms with E-state index in [1.165, 1.54) is 16.8 Å². The third kappa shape index (κ3) is 3.25. The highest BCUT2D eigenvalue weighted by Gasteiger charge is 2.33. The van der Waals surface area contributed by atoms with Gasteiger partial charge in [0.1, 0.15) is 5.69 Å². The highest BCUT2D eigenvalue weighted by atomic mass is 16.5. The van der Waals surface area contributed by atoms with Crippen molar-refractivity contribution in [2.24, 2.45) is 0 Å². The summed E-state index contributed by atoms with van der Waals surface area (Å²) in [6, 6.07) is 4.68. The molecule has 0 aliphatic carbocycles. The monoisotopic (exact) mass is 330 g/mol. The first-order chi connectivity index (χ1) is 11.6. The van der Waals surface area contributed by atoms with Gasteiger partial charge in [0.15, 0.2) is 5.76 Å². The van der Waals surface area contributed by atoms with Crippen molar-refractivity contribution >= 4 is 5.91 Å². The molecule has 2 aromatic rings. The zero-order chi connectivity index (χ0) is 17.1. The molecule has 1 fully saturated rings. The number of carbonyl (C=O) groups excluding carboxylic acids is 1. The van der Waals surface area contributed by atoms with Crippen LogP contribution in [0, 0.1) is 6.92 Å². The Morgan fingerprint density at radius 3 is 2.96 bits per heavy atom. The molecule has 128 valence electrons. The van der Waals surface area contributed by atoms with Gasteiger partial charge in [0, 0.05) is 25.2 Å². The van der Waals surface area contributed by atoms with Crippen LogP contribution < -0.4 is 5.56 Å². The number of hydrogen-bond donors (Lipinski definition) is 0. The Morgan fingerprint density at radius 2 is 2.25 bits per heavy atom. The van der Waals surface area contributed by atoms with Crippen molar-refractivity contribution in [3.05, 3.63) is 45.7 Å². The Morgan fingerprint density at radius 1 is 1.42 bits per heavy atom. The number of carbonyl (C=O) groups is 1. The lowest BCUT2D eigenvalue weighted by molar-refractivity contribution is 0.0705. The fourth-order valence-electron chi connectivity index (χ4n) is 3.02. The van der Waals surface area contributed by atoms with Crippen LogP contribution in [-0.4, -0.2) is 32.3 Å². The van der Waals surface area contributed by atoms with Crippen molar-refractivity contribution in [3.8, 4) is 0 Å². The van der Waals surface area contributed by atoms with Gasteiger partial charge in [-0.1, -0.05) is 18.5 Å². The molecule has 0 radical (unpaired) electrons. The average molecular weight is 330 g/mol. The number of aryl methyl sites for hydroxylation is 2. The van der Waals surface area contributed by atoms with E-state index in [1.54, 1.807) is 4.90 Å². The molecule has 0 unspecified atom stereocenters. The van der Waals surface area contributed by atoms with E-state index in [4.69, 9.17) is 4.52 Å². The summed E-state index contributed by atoms with van der Waals surface area (Å²) in [7, 11) is 0. The maximum absolute atomic E-state index is 12.9. The summed E-state index contributed by atoms with van der Waals surface area (Å²) in [5.74, 6) is 0.537. The number of likely N-dealkylation sites (tertiary alicyclic amines) is 1. The molecule has 1 aliphatic rings. The summed E-state index contributed by atoms with van der Waals surface area (Å²) in [5, 5.41) is 8.17. The second-order valence-electron chi connectivity index (χ2n) is 6.16. The molecule has 1 saturated heterocycles. The SMILES string of the molecule is CCCCn1nc(C(=O)N2CCC[C@H]2c2cc(C)no2)ccc1=O. The van der Waals surface area contributed by atoms with Gasteiger partial charge in [-0.15, -0.1) is 0 Å². The number of amides is 1. The minimum Gasteiger partial charge on any atom is -0.359 e. The minimum absolute atomic E-state index is 0.114. The summed E-state index contributed by atoms with van der Waals surface area (Å²) in [6.45, 7) is 5.09. The molecule has 0 N–H and O–H groups in total. The van der Waals surface area contributed by atoms with E-state index in [9.17, 15) is 9.59 Å². The van der Waals surface area contributed by atoms with Gasteiger partial charge in [0.05, 0.1) is 11.7 Å². The minimum atomic E-state index is -0.177. The van der Waals surface area contributed by atoms with Crippen LogP contribution in [0.1, 0.15) is 60.6 Å². The molecule has 1 atom stereocenters. The zero-order valence-corrected chi connectivity index (χ0v) is 14.1. The number of hydrogen-bond acceptors (Lipinski definition) is 5. The summed E-state index contributed by atoms with van der Waals surface area (Å²) in [5.41, 5.74) is 0.924. The molecule has 0 bridgehead atoms. The van der Waals surface area contributed by atoms with E-state index >= 15 is 0 Å². The molecule has 3 heterocycles. The van der Waals surface area contributed by atoms with Crippen LogP contribution in [0.4, 0.5) is 0 Å². The third-order valence-corrected chi connectivity index (χ3v) is 4.30. The Hall–Kier alpha value is -2.44. The van der Waals surface area contributed by atoms with Gasteiger partial charge in [-0.25, -0.2) is 4.68 Å². The van der Waals surface area contributed by atoms with Crippen LogP contribution in [0.2, 0.25) is 0 Å². The Balaban J connectivity index is 1.84. The second kappa shape index (κ2) is 6.98. The fourth-order valence-corrected chi connectivity index (χ4v) is 3.02. The highest BCUT2D eigenvalue weighted by Crippen LogP contribution is 2.33. The lowest BCUT2D eigenvalue weighted by Crippen LogP contribution is -2.33.